The lowest BCUT2D eigenvalue weighted by Crippen LogP contribution is -2.31. The highest BCUT2D eigenvalue weighted by Gasteiger charge is 2.19. The van der Waals surface area contributed by atoms with Gasteiger partial charge in [0.15, 0.2) is 5.82 Å². The molecule has 3 rings (SSSR count). The highest BCUT2D eigenvalue weighted by atomic mass is 16.5. The van der Waals surface area contributed by atoms with Crippen LogP contribution in [0, 0.1) is 0 Å². The van der Waals surface area contributed by atoms with Gasteiger partial charge in [-0.1, -0.05) is 0 Å². The Hall–Kier alpha value is -2.33. The van der Waals surface area contributed by atoms with Crippen molar-refractivity contribution < 1.29 is 9.53 Å². The molecule has 10 heteroatoms. The van der Waals surface area contributed by atoms with Gasteiger partial charge in [0, 0.05) is 14.2 Å². The molecule has 1 N–H and O–H groups in total. The van der Waals surface area contributed by atoms with E-state index in [1.807, 2.05) is 6.07 Å². The Kier molecular flexibility index (Phi) is 5.71. The zero-order chi connectivity index (χ0) is 17.6. The number of aromatic amines is 1. The predicted octanol–water partition coefficient (Wildman–Crippen LogP) is -0.203. The first-order chi connectivity index (χ1) is 12.2. The van der Waals surface area contributed by atoms with Crippen molar-refractivity contribution in [1.29, 1.82) is 0 Å². The molecule has 3 heterocycles. The first-order valence-corrected chi connectivity index (χ1v) is 8.39. The number of ether oxygens (including phenoxy) is 1. The second-order valence-electron chi connectivity index (χ2n) is 6.30. The molecule has 1 aliphatic heterocycles. The van der Waals surface area contributed by atoms with E-state index in [1.165, 1.54) is 12.8 Å². The average molecular weight is 348 g/mol. The summed E-state index contributed by atoms with van der Waals surface area (Å²) in [5.41, 5.74) is 1.67. The molecule has 0 spiro atoms. The molecular weight excluding hydrogens is 324 g/mol. The largest absolute Gasteiger partial charge is 0.378 e. The van der Waals surface area contributed by atoms with Gasteiger partial charge in [0.25, 0.3) is 0 Å². The summed E-state index contributed by atoms with van der Waals surface area (Å²) in [6.07, 6.45) is 2.41. The quantitative estimate of drug-likeness (QED) is 0.704. The van der Waals surface area contributed by atoms with Gasteiger partial charge in [-0.25, -0.2) is 4.68 Å². The molecule has 0 saturated carbocycles. The Morgan fingerprint density at radius 2 is 2.20 bits per heavy atom. The number of nitrogens with zero attached hydrogens (tertiary/aromatic N) is 7. The predicted molar refractivity (Wildman–Crippen MR) is 88.1 cm³/mol. The molecule has 136 valence electrons. The number of aromatic nitrogens is 6. The molecule has 2 aromatic rings. The number of methoxy groups -OCH3 is 1. The summed E-state index contributed by atoms with van der Waals surface area (Å²) in [5.74, 6) is 0.672. The molecule has 0 bridgehead atoms. The number of rotatable bonds is 8. The Bertz CT molecular complexity index is 691. The maximum Gasteiger partial charge on any atom is 0.244 e. The number of amides is 1. The van der Waals surface area contributed by atoms with Crippen LogP contribution >= 0.6 is 0 Å². The lowest BCUT2D eigenvalue weighted by atomic mass is 10.3. The Balaban J connectivity index is 1.55. The minimum atomic E-state index is -0.0575. The van der Waals surface area contributed by atoms with E-state index in [2.05, 4.69) is 30.6 Å². The van der Waals surface area contributed by atoms with E-state index >= 15 is 0 Å². The summed E-state index contributed by atoms with van der Waals surface area (Å²) < 4.78 is 6.62. The van der Waals surface area contributed by atoms with Crippen molar-refractivity contribution in [2.24, 2.45) is 0 Å². The van der Waals surface area contributed by atoms with E-state index in [9.17, 15) is 4.79 Å². The zero-order valence-electron chi connectivity index (χ0n) is 14.7. The number of tetrazole rings is 1. The molecule has 0 atom stereocenters. The maximum absolute atomic E-state index is 12.5. The van der Waals surface area contributed by atoms with Crippen LogP contribution in [0.3, 0.4) is 0 Å². The summed E-state index contributed by atoms with van der Waals surface area (Å²) in [4.78, 5) is 16.4. The standard InChI is InChI=1S/C15H24N8O2/c1-21(8-12-7-13(11-25-2)17-16-12)15(24)10-23-14(18-19-20-23)9-22-5-3-4-6-22/h7H,3-6,8-11H2,1-2H3,(H,16,17). The number of hydrogen-bond donors (Lipinski definition) is 1. The highest BCUT2D eigenvalue weighted by Crippen LogP contribution is 2.11. The van der Waals surface area contributed by atoms with E-state index in [4.69, 9.17) is 4.74 Å². The maximum atomic E-state index is 12.5. The SMILES string of the molecule is COCc1cc(CN(C)C(=O)Cn2nnnc2CN2CCCC2)[nH]n1. The third kappa shape index (κ3) is 4.60. The normalized spacial score (nSPS) is 15.0. The lowest BCUT2D eigenvalue weighted by Gasteiger charge is -2.17. The van der Waals surface area contributed by atoms with Crippen molar-refractivity contribution in [3.63, 3.8) is 0 Å². The van der Waals surface area contributed by atoms with E-state index in [-0.39, 0.29) is 12.5 Å². The van der Waals surface area contributed by atoms with Crippen molar-refractivity contribution in [3.8, 4) is 0 Å². The van der Waals surface area contributed by atoms with Crippen LogP contribution in [0.15, 0.2) is 6.07 Å². The number of carbonyl (C=O) groups is 1. The third-order valence-corrected chi connectivity index (χ3v) is 4.26. The van der Waals surface area contributed by atoms with Crippen molar-refractivity contribution in [3.05, 3.63) is 23.3 Å². The van der Waals surface area contributed by atoms with Crippen LogP contribution in [0.25, 0.3) is 0 Å². The Labute approximate surface area is 146 Å². The van der Waals surface area contributed by atoms with Crippen LogP contribution in [-0.2, 0) is 35.8 Å². The third-order valence-electron chi connectivity index (χ3n) is 4.26. The minimum absolute atomic E-state index is 0.0575. The fourth-order valence-electron chi connectivity index (χ4n) is 2.90. The van der Waals surface area contributed by atoms with Gasteiger partial charge in [-0.05, 0) is 42.4 Å². The number of hydrogen-bond acceptors (Lipinski definition) is 7. The molecule has 1 saturated heterocycles. The summed E-state index contributed by atoms with van der Waals surface area (Å²) in [7, 11) is 3.37. The van der Waals surface area contributed by atoms with Gasteiger partial charge in [-0.15, -0.1) is 5.10 Å². The van der Waals surface area contributed by atoms with Crippen molar-refractivity contribution in [1.82, 2.24) is 40.2 Å². The highest BCUT2D eigenvalue weighted by molar-refractivity contribution is 5.75. The Morgan fingerprint density at radius 1 is 1.40 bits per heavy atom. The van der Waals surface area contributed by atoms with Crippen LogP contribution in [0.5, 0.6) is 0 Å². The molecule has 25 heavy (non-hydrogen) atoms. The first kappa shape index (κ1) is 17.5. The average Bonchev–Trinajstić information content (AvgIpc) is 3.32. The second kappa shape index (κ2) is 8.17. The molecule has 1 fully saturated rings. The van der Waals surface area contributed by atoms with E-state index in [0.29, 0.717) is 19.7 Å². The summed E-state index contributed by atoms with van der Waals surface area (Å²) in [6, 6.07) is 1.89. The molecule has 10 nitrogen and oxygen atoms in total. The molecule has 2 aromatic heterocycles. The van der Waals surface area contributed by atoms with Gasteiger partial charge in [-0.2, -0.15) is 5.10 Å². The molecule has 1 aliphatic rings. The van der Waals surface area contributed by atoms with Gasteiger partial charge < -0.3 is 9.64 Å². The van der Waals surface area contributed by atoms with Crippen molar-refractivity contribution in [2.75, 3.05) is 27.2 Å². The summed E-state index contributed by atoms with van der Waals surface area (Å²) >= 11 is 0. The van der Waals surface area contributed by atoms with Crippen LogP contribution in [0.2, 0.25) is 0 Å². The van der Waals surface area contributed by atoms with Crippen LogP contribution < -0.4 is 0 Å². The van der Waals surface area contributed by atoms with E-state index < -0.39 is 0 Å². The smallest absolute Gasteiger partial charge is 0.244 e. The van der Waals surface area contributed by atoms with Gasteiger partial charge in [0.1, 0.15) is 6.54 Å². The molecule has 0 unspecified atom stereocenters. The second-order valence-corrected chi connectivity index (χ2v) is 6.30. The van der Waals surface area contributed by atoms with Gasteiger partial charge in [0.2, 0.25) is 5.91 Å². The fraction of sp³-hybridized carbons (Fsp3) is 0.667. The van der Waals surface area contributed by atoms with Crippen LogP contribution in [0.4, 0.5) is 0 Å². The number of carbonyl (C=O) groups excluding carboxylic acids is 1. The molecule has 0 aromatic carbocycles. The number of H-pyrrole nitrogens is 1. The van der Waals surface area contributed by atoms with Gasteiger partial charge in [-0.3, -0.25) is 14.8 Å². The zero-order valence-corrected chi connectivity index (χ0v) is 14.7. The molecule has 0 aliphatic carbocycles. The molecule has 0 radical (unpaired) electrons. The van der Waals surface area contributed by atoms with Crippen molar-refractivity contribution in [2.45, 2.75) is 39.1 Å². The first-order valence-electron chi connectivity index (χ1n) is 8.39. The number of likely N-dealkylation sites (tertiary alicyclic amines) is 1. The van der Waals surface area contributed by atoms with E-state index in [0.717, 1.165) is 30.3 Å². The van der Waals surface area contributed by atoms with Crippen LogP contribution in [0.1, 0.15) is 30.1 Å². The monoisotopic (exact) mass is 348 g/mol. The summed E-state index contributed by atoms with van der Waals surface area (Å²) in [6.45, 7) is 3.82. The summed E-state index contributed by atoms with van der Waals surface area (Å²) in [5, 5.41) is 18.8. The molecular formula is C15H24N8O2. The topological polar surface area (TPSA) is 105 Å². The van der Waals surface area contributed by atoms with Crippen LogP contribution in [-0.4, -0.2) is 73.4 Å². The number of likely N-dealkylation sites (N-methyl/N-ethyl adjacent to an activating group) is 1. The molecule has 1 amide bonds. The van der Waals surface area contributed by atoms with Crippen molar-refractivity contribution >= 4 is 5.91 Å². The van der Waals surface area contributed by atoms with Gasteiger partial charge in [0.05, 0.1) is 31.1 Å². The van der Waals surface area contributed by atoms with E-state index in [1.54, 1.807) is 23.7 Å². The Morgan fingerprint density at radius 3 is 2.96 bits per heavy atom. The van der Waals surface area contributed by atoms with Gasteiger partial charge >= 0.3 is 0 Å². The fourth-order valence-corrected chi connectivity index (χ4v) is 2.90. The minimum Gasteiger partial charge on any atom is -0.378 e. The lowest BCUT2D eigenvalue weighted by molar-refractivity contribution is -0.131. The number of nitrogens with one attached hydrogen (secondary N) is 1.